The molecule has 3 aromatic carbocycles. The molecule has 0 aliphatic carbocycles. The number of hydrogen-bond donors (Lipinski definition) is 0. The molecule has 2 aliphatic rings. The lowest BCUT2D eigenvalue weighted by molar-refractivity contribution is 0.0600. The quantitative estimate of drug-likeness (QED) is 0.227. The molecule has 4 aromatic rings. The summed E-state index contributed by atoms with van der Waals surface area (Å²) in [6.07, 6.45) is 0. The molecule has 0 saturated carbocycles. The zero-order valence-corrected chi connectivity index (χ0v) is 20.5. The summed E-state index contributed by atoms with van der Waals surface area (Å²) in [5.41, 5.74) is 3.04. The molecular weight excluding hydrogens is 478 g/mol. The Labute approximate surface area is 211 Å². The first kappa shape index (κ1) is 22.9. The number of fused-ring (bicyclic) bond motifs is 4. The first-order valence-electron chi connectivity index (χ1n) is 11.8. The van der Waals surface area contributed by atoms with E-state index in [9.17, 15) is 9.59 Å². The molecule has 0 saturated heterocycles. The highest BCUT2D eigenvalue weighted by atomic mass is 16.6. The van der Waals surface area contributed by atoms with Gasteiger partial charge in [-0.15, -0.1) is 0 Å². The van der Waals surface area contributed by atoms with E-state index < -0.39 is 11.9 Å². The Balaban J connectivity index is 1.54. The third-order valence-electron chi connectivity index (χ3n) is 6.38. The Morgan fingerprint density at radius 3 is 1.62 bits per heavy atom. The molecule has 0 radical (unpaired) electrons. The fourth-order valence-corrected chi connectivity index (χ4v) is 4.73. The van der Waals surface area contributed by atoms with Crippen molar-refractivity contribution in [3.05, 3.63) is 58.7 Å². The van der Waals surface area contributed by atoms with Crippen LogP contribution in [0.1, 0.15) is 31.8 Å². The van der Waals surface area contributed by atoms with Crippen molar-refractivity contribution in [3.63, 3.8) is 0 Å². The van der Waals surface area contributed by atoms with Crippen molar-refractivity contribution >= 4 is 33.7 Å². The van der Waals surface area contributed by atoms with E-state index >= 15 is 0 Å². The van der Waals surface area contributed by atoms with Crippen LogP contribution in [0.2, 0.25) is 0 Å². The van der Waals surface area contributed by atoms with E-state index in [1.54, 1.807) is 50.2 Å². The third kappa shape index (κ3) is 3.92. The molecule has 2 aliphatic heterocycles. The SMILES string of the molecule is COC(=O)c1cc(C)c(OC(=O)c2c3cc4c(cc3nc3cc5c(cc23)OCCO5)OCCO4)c(C)c1. The number of rotatable bonds is 3. The summed E-state index contributed by atoms with van der Waals surface area (Å²) in [5.74, 6) is 1.51. The van der Waals surface area contributed by atoms with Crippen molar-refractivity contribution in [2.75, 3.05) is 33.5 Å². The van der Waals surface area contributed by atoms with Gasteiger partial charge in [0.05, 0.1) is 29.3 Å². The second kappa shape index (κ2) is 8.85. The van der Waals surface area contributed by atoms with Crippen LogP contribution in [0.25, 0.3) is 21.8 Å². The number of hydrogen-bond acceptors (Lipinski definition) is 9. The number of pyridine rings is 1. The number of ether oxygens (including phenoxy) is 6. The second-order valence-electron chi connectivity index (χ2n) is 8.83. The Morgan fingerprint density at radius 1 is 0.703 bits per heavy atom. The summed E-state index contributed by atoms with van der Waals surface area (Å²) in [6, 6.07) is 10.3. The number of carbonyl (C=O) groups is 2. The zero-order valence-electron chi connectivity index (χ0n) is 20.5. The molecular formula is C28H23NO8. The van der Waals surface area contributed by atoms with Gasteiger partial charge in [-0.2, -0.15) is 0 Å². The van der Waals surface area contributed by atoms with Gasteiger partial charge in [0.1, 0.15) is 32.2 Å². The fraction of sp³-hybridized carbons (Fsp3) is 0.250. The summed E-state index contributed by atoms with van der Waals surface area (Å²) >= 11 is 0. The average molecular weight is 501 g/mol. The maximum absolute atomic E-state index is 13.9. The Hall–Kier alpha value is -4.53. The van der Waals surface area contributed by atoms with Crippen molar-refractivity contribution in [2.24, 2.45) is 0 Å². The van der Waals surface area contributed by atoms with Gasteiger partial charge in [-0.25, -0.2) is 14.6 Å². The fourth-order valence-electron chi connectivity index (χ4n) is 4.73. The minimum Gasteiger partial charge on any atom is -0.486 e. The molecule has 3 heterocycles. The number of esters is 2. The lowest BCUT2D eigenvalue weighted by Crippen LogP contribution is -2.17. The Bertz CT molecular complexity index is 1510. The highest BCUT2D eigenvalue weighted by molar-refractivity contribution is 6.16. The number of benzene rings is 3. The van der Waals surface area contributed by atoms with Crippen molar-refractivity contribution in [1.82, 2.24) is 4.98 Å². The summed E-state index contributed by atoms with van der Waals surface area (Å²) in [5, 5.41) is 1.11. The van der Waals surface area contributed by atoms with Gasteiger partial charge < -0.3 is 28.4 Å². The molecule has 0 amide bonds. The van der Waals surface area contributed by atoms with Crippen LogP contribution >= 0.6 is 0 Å². The first-order chi connectivity index (χ1) is 17.9. The molecule has 0 fully saturated rings. The molecule has 0 spiro atoms. The molecule has 9 nitrogen and oxygen atoms in total. The van der Waals surface area contributed by atoms with Crippen LogP contribution in [-0.2, 0) is 4.74 Å². The molecule has 6 rings (SSSR count). The van der Waals surface area contributed by atoms with E-state index in [-0.39, 0.29) is 0 Å². The predicted octanol–water partition coefficient (Wildman–Crippen LogP) is 4.55. The number of aryl methyl sites for hydroxylation is 2. The maximum atomic E-state index is 13.9. The van der Waals surface area contributed by atoms with Crippen molar-refractivity contribution in [2.45, 2.75) is 13.8 Å². The molecule has 37 heavy (non-hydrogen) atoms. The highest BCUT2D eigenvalue weighted by Gasteiger charge is 2.25. The smallest absolute Gasteiger partial charge is 0.344 e. The van der Waals surface area contributed by atoms with Crippen molar-refractivity contribution in [3.8, 4) is 28.7 Å². The normalized spacial score (nSPS) is 13.9. The minimum atomic E-state index is -0.581. The number of nitrogens with zero attached hydrogens (tertiary/aromatic N) is 1. The Morgan fingerprint density at radius 2 is 1.16 bits per heavy atom. The van der Waals surface area contributed by atoms with Gasteiger partial charge in [-0.3, -0.25) is 0 Å². The van der Waals surface area contributed by atoms with Crippen LogP contribution in [-0.4, -0.2) is 50.5 Å². The zero-order chi connectivity index (χ0) is 25.7. The molecule has 1 aromatic heterocycles. The van der Waals surface area contributed by atoms with E-state index in [4.69, 9.17) is 33.4 Å². The molecule has 0 atom stereocenters. The number of carbonyl (C=O) groups excluding carboxylic acids is 2. The van der Waals surface area contributed by atoms with Gasteiger partial charge in [0.2, 0.25) is 0 Å². The molecule has 0 N–H and O–H groups in total. The summed E-state index contributed by atoms with van der Waals surface area (Å²) in [4.78, 5) is 30.7. The number of methoxy groups -OCH3 is 1. The average Bonchev–Trinajstić information content (AvgIpc) is 2.90. The molecule has 0 unspecified atom stereocenters. The van der Waals surface area contributed by atoms with E-state index in [2.05, 4.69) is 0 Å². The van der Waals surface area contributed by atoms with Crippen LogP contribution < -0.4 is 23.7 Å². The lowest BCUT2D eigenvalue weighted by atomic mass is 10.0. The monoisotopic (exact) mass is 501 g/mol. The minimum absolute atomic E-state index is 0.310. The van der Waals surface area contributed by atoms with Gasteiger partial charge in [-0.05, 0) is 49.2 Å². The van der Waals surface area contributed by atoms with Crippen molar-refractivity contribution < 1.29 is 38.0 Å². The summed E-state index contributed by atoms with van der Waals surface area (Å²) < 4.78 is 33.8. The van der Waals surface area contributed by atoms with Gasteiger partial charge in [-0.1, -0.05) is 0 Å². The predicted molar refractivity (Wildman–Crippen MR) is 133 cm³/mol. The topological polar surface area (TPSA) is 102 Å². The third-order valence-corrected chi connectivity index (χ3v) is 6.38. The van der Waals surface area contributed by atoms with E-state index in [1.807, 2.05) is 0 Å². The standard InChI is InChI=1S/C28H23NO8/c1-14-8-16(27(30)32-3)9-15(2)26(14)37-28(31)25-17-10-21-23(35-6-4-33-21)12-19(17)29-20-13-24-22(11-18(20)25)34-5-7-36-24/h8-13H,4-7H2,1-3H3. The first-order valence-corrected chi connectivity index (χ1v) is 11.8. The van der Waals surface area contributed by atoms with Gasteiger partial charge in [0.15, 0.2) is 23.0 Å². The largest absolute Gasteiger partial charge is 0.486 e. The molecule has 0 bridgehead atoms. The van der Waals surface area contributed by atoms with E-state index in [0.29, 0.717) is 99.2 Å². The van der Waals surface area contributed by atoms with Crippen LogP contribution in [0, 0.1) is 13.8 Å². The van der Waals surface area contributed by atoms with E-state index in [1.165, 1.54) is 7.11 Å². The van der Waals surface area contributed by atoms with Gasteiger partial charge in [0.25, 0.3) is 0 Å². The van der Waals surface area contributed by atoms with Crippen LogP contribution in [0.4, 0.5) is 0 Å². The second-order valence-corrected chi connectivity index (χ2v) is 8.83. The van der Waals surface area contributed by atoms with Crippen molar-refractivity contribution in [1.29, 1.82) is 0 Å². The maximum Gasteiger partial charge on any atom is 0.344 e. The Kier molecular flexibility index (Phi) is 5.48. The van der Waals surface area contributed by atoms with Gasteiger partial charge >= 0.3 is 11.9 Å². The summed E-state index contributed by atoms with van der Waals surface area (Å²) in [6.45, 7) is 5.22. The molecule has 188 valence electrons. The number of aromatic nitrogens is 1. The van der Waals surface area contributed by atoms with E-state index in [0.717, 1.165) is 0 Å². The van der Waals surface area contributed by atoms with Gasteiger partial charge in [0, 0.05) is 22.9 Å². The van der Waals surface area contributed by atoms with Crippen LogP contribution in [0.3, 0.4) is 0 Å². The van der Waals surface area contributed by atoms with Crippen LogP contribution in [0.5, 0.6) is 28.7 Å². The molecule has 9 heteroatoms. The summed E-state index contributed by atoms with van der Waals surface area (Å²) in [7, 11) is 1.32. The van der Waals surface area contributed by atoms with Crippen LogP contribution in [0.15, 0.2) is 36.4 Å². The highest BCUT2D eigenvalue weighted by Crippen LogP contribution is 2.41. The lowest BCUT2D eigenvalue weighted by Gasteiger charge is -2.22.